The minimum atomic E-state index is 0.519. The maximum Gasteiger partial charge on any atom is 0.191 e. The van der Waals surface area contributed by atoms with Crippen LogP contribution in [0.3, 0.4) is 0 Å². The maximum atomic E-state index is 4.36. The predicted molar refractivity (Wildman–Crippen MR) is 81.4 cm³/mol. The average Bonchev–Trinajstić information content (AvgIpc) is 2.94. The third kappa shape index (κ3) is 3.85. The highest BCUT2D eigenvalue weighted by atomic mass is 15.3. The minimum absolute atomic E-state index is 0.519. The Morgan fingerprint density at radius 2 is 1.95 bits per heavy atom. The second kappa shape index (κ2) is 6.12. The normalized spacial score (nSPS) is 35.8. The molecule has 2 aliphatic rings. The van der Waals surface area contributed by atoms with Crippen molar-refractivity contribution < 1.29 is 0 Å². The van der Waals surface area contributed by atoms with E-state index < -0.39 is 0 Å². The van der Waals surface area contributed by atoms with E-state index in [4.69, 9.17) is 0 Å². The van der Waals surface area contributed by atoms with Crippen LogP contribution in [0.5, 0.6) is 0 Å². The molecule has 1 aliphatic carbocycles. The Hall–Kier alpha value is -0.770. The molecule has 4 nitrogen and oxygen atoms in total. The molecule has 1 saturated carbocycles. The van der Waals surface area contributed by atoms with Crippen LogP contribution >= 0.6 is 0 Å². The zero-order chi connectivity index (χ0) is 14.0. The van der Waals surface area contributed by atoms with Gasteiger partial charge in [-0.25, -0.2) is 0 Å². The van der Waals surface area contributed by atoms with Gasteiger partial charge in [0.25, 0.3) is 0 Å². The summed E-state index contributed by atoms with van der Waals surface area (Å²) in [5.74, 6) is 3.40. The fourth-order valence-corrected chi connectivity index (χ4v) is 2.90. The molecule has 1 heterocycles. The lowest BCUT2D eigenvalue weighted by atomic mass is 10.1. The van der Waals surface area contributed by atoms with Gasteiger partial charge in [-0.1, -0.05) is 13.8 Å². The van der Waals surface area contributed by atoms with Crippen LogP contribution in [0.25, 0.3) is 0 Å². The van der Waals surface area contributed by atoms with E-state index >= 15 is 0 Å². The number of aliphatic imine (C=N–C) groups is 1. The maximum absolute atomic E-state index is 4.36. The molecule has 1 aliphatic heterocycles. The molecule has 1 saturated heterocycles. The van der Waals surface area contributed by atoms with Gasteiger partial charge in [-0.2, -0.15) is 0 Å². The highest BCUT2D eigenvalue weighted by Gasteiger charge is 2.33. The van der Waals surface area contributed by atoms with Crippen molar-refractivity contribution in [3.63, 3.8) is 0 Å². The Labute approximate surface area is 118 Å². The molecule has 0 amide bonds. The lowest BCUT2D eigenvalue weighted by Crippen LogP contribution is -2.47. The third-order valence-electron chi connectivity index (χ3n) is 4.72. The summed E-state index contributed by atoms with van der Waals surface area (Å²) in [5.41, 5.74) is 0. The van der Waals surface area contributed by atoms with Crippen molar-refractivity contribution in [2.75, 3.05) is 26.7 Å². The van der Waals surface area contributed by atoms with Crippen molar-refractivity contribution in [2.24, 2.45) is 22.7 Å². The van der Waals surface area contributed by atoms with Crippen LogP contribution in [0.2, 0.25) is 0 Å². The predicted octanol–water partition coefficient (Wildman–Crippen LogP) is 1.54. The molecule has 110 valence electrons. The van der Waals surface area contributed by atoms with Crippen molar-refractivity contribution >= 4 is 5.96 Å². The summed E-state index contributed by atoms with van der Waals surface area (Å²) in [6.45, 7) is 12.6. The summed E-state index contributed by atoms with van der Waals surface area (Å²) < 4.78 is 0. The van der Waals surface area contributed by atoms with E-state index in [-0.39, 0.29) is 0 Å². The Bertz CT molecular complexity index is 326. The second-order valence-electron chi connectivity index (χ2n) is 6.70. The van der Waals surface area contributed by atoms with Crippen molar-refractivity contribution in [3.05, 3.63) is 0 Å². The van der Waals surface area contributed by atoms with E-state index in [1.54, 1.807) is 0 Å². The SMILES string of the molecule is CN=C(NCC1CC1C)NC1CN(C(C)C)CC1C. The number of nitrogens with zero attached hydrogens (tertiary/aromatic N) is 2. The fraction of sp³-hybridized carbons (Fsp3) is 0.933. The van der Waals surface area contributed by atoms with Crippen molar-refractivity contribution in [2.45, 2.75) is 46.2 Å². The molecule has 0 aromatic rings. The van der Waals surface area contributed by atoms with E-state index in [1.165, 1.54) is 13.0 Å². The highest BCUT2D eigenvalue weighted by Crippen LogP contribution is 2.36. The molecule has 4 heteroatoms. The van der Waals surface area contributed by atoms with Gasteiger partial charge in [0, 0.05) is 38.8 Å². The van der Waals surface area contributed by atoms with Gasteiger partial charge < -0.3 is 10.6 Å². The second-order valence-corrected chi connectivity index (χ2v) is 6.70. The smallest absolute Gasteiger partial charge is 0.191 e. The molecule has 0 aromatic carbocycles. The molecular weight excluding hydrogens is 236 g/mol. The van der Waals surface area contributed by atoms with Gasteiger partial charge in [-0.15, -0.1) is 0 Å². The molecule has 2 rings (SSSR count). The largest absolute Gasteiger partial charge is 0.356 e. The first-order valence-corrected chi connectivity index (χ1v) is 7.72. The summed E-state index contributed by atoms with van der Waals surface area (Å²) >= 11 is 0. The Morgan fingerprint density at radius 1 is 1.26 bits per heavy atom. The van der Waals surface area contributed by atoms with Gasteiger partial charge >= 0.3 is 0 Å². The zero-order valence-electron chi connectivity index (χ0n) is 13.1. The van der Waals surface area contributed by atoms with Crippen LogP contribution in [0.1, 0.15) is 34.1 Å². The van der Waals surface area contributed by atoms with Crippen LogP contribution in [0, 0.1) is 17.8 Å². The molecule has 0 radical (unpaired) electrons. The number of rotatable bonds is 4. The lowest BCUT2D eigenvalue weighted by molar-refractivity contribution is 0.265. The molecule has 2 N–H and O–H groups in total. The fourth-order valence-electron chi connectivity index (χ4n) is 2.90. The van der Waals surface area contributed by atoms with Gasteiger partial charge in [-0.05, 0) is 38.0 Å². The summed E-state index contributed by atoms with van der Waals surface area (Å²) in [6, 6.07) is 1.15. The molecule has 0 bridgehead atoms. The number of guanidine groups is 1. The van der Waals surface area contributed by atoms with Crippen LogP contribution in [0.15, 0.2) is 4.99 Å². The first-order valence-electron chi connectivity index (χ1n) is 7.72. The molecule has 4 atom stereocenters. The first-order chi connectivity index (χ1) is 9.01. The summed E-state index contributed by atoms with van der Waals surface area (Å²) in [7, 11) is 1.87. The van der Waals surface area contributed by atoms with Crippen LogP contribution < -0.4 is 10.6 Å². The monoisotopic (exact) mass is 266 g/mol. The quantitative estimate of drug-likeness (QED) is 0.599. The molecule has 19 heavy (non-hydrogen) atoms. The highest BCUT2D eigenvalue weighted by molar-refractivity contribution is 5.80. The Kier molecular flexibility index (Phi) is 4.71. The molecular formula is C15H30N4. The lowest BCUT2D eigenvalue weighted by Gasteiger charge is -2.22. The minimum Gasteiger partial charge on any atom is -0.356 e. The number of likely N-dealkylation sites (tertiary alicyclic amines) is 1. The third-order valence-corrected chi connectivity index (χ3v) is 4.72. The molecule has 2 fully saturated rings. The molecule has 0 aromatic heterocycles. The number of nitrogens with one attached hydrogen (secondary N) is 2. The van der Waals surface area contributed by atoms with Gasteiger partial charge in [0.2, 0.25) is 0 Å². The first kappa shape index (κ1) is 14.6. The summed E-state index contributed by atoms with van der Waals surface area (Å²) in [5, 5.41) is 7.07. The van der Waals surface area contributed by atoms with E-state index in [0.717, 1.165) is 30.9 Å². The summed E-state index contributed by atoms with van der Waals surface area (Å²) in [6.07, 6.45) is 1.37. The van der Waals surface area contributed by atoms with E-state index in [1.807, 2.05) is 7.05 Å². The van der Waals surface area contributed by atoms with Crippen LogP contribution in [-0.2, 0) is 0 Å². The van der Waals surface area contributed by atoms with Crippen LogP contribution in [0.4, 0.5) is 0 Å². The van der Waals surface area contributed by atoms with Crippen LogP contribution in [-0.4, -0.2) is 49.6 Å². The van der Waals surface area contributed by atoms with Gasteiger partial charge in [0.05, 0.1) is 0 Å². The molecule has 4 unspecified atom stereocenters. The Morgan fingerprint density at radius 3 is 2.42 bits per heavy atom. The van der Waals surface area contributed by atoms with E-state index in [9.17, 15) is 0 Å². The van der Waals surface area contributed by atoms with E-state index in [2.05, 4.69) is 48.2 Å². The number of hydrogen-bond donors (Lipinski definition) is 2. The van der Waals surface area contributed by atoms with E-state index in [0.29, 0.717) is 18.0 Å². The topological polar surface area (TPSA) is 39.7 Å². The number of hydrogen-bond acceptors (Lipinski definition) is 2. The van der Waals surface area contributed by atoms with Crippen molar-refractivity contribution in [1.82, 2.24) is 15.5 Å². The van der Waals surface area contributed by atoms with Gasteiger partial charge in [-0.3, -0.25) is 9.89 Å². The zero-order valence-corrected chi connectivity index (χ0v) is 13.1. The average molecular weight is 266 g/mol. The molecule has 0 spiro atoms. The van der Waals surface area contributed by atoms with Gasteiger partial charge in [0.1, 0.15) is 0 Å². The standard InChI is InChI=1S/C15H30N4/c1-10(2)19-8-12(4)14(9-19)18-15(16-5)17-7-13-6-11(13)3/h10-14H,6-9H2,1-5H3,(H2,16,17,18). The van der Waals surface area contributed by atoms with Gasteiger partial charge in [0.15, 0.2) is 5.96 Å². The Balaban J connectivity index is 1.78. The van der Waals surface area contributed by atoms with Crippen molar-refractivity contribution in [3.8, 4) is 0 Å². The summed E-state index contributed by atoms with van der Waals surface area (Å²) in [4.78, 5) is 6.90. The van der Waals surface area contributed by atoms with Crippen molar-refractivity contribution in [1.29, 1.82) is 0 Å².